The Balaban J connectivity index is 2.36. The van der Waals surface area contributed by atoms with E-state index in [1.807, 2.05) is 12.1 Å². The summed E-state index contributed by atoms with van der Waals surface area (Å²) in [6, 6.07) is 21.0. The molecule has 0 bridgehead atoms. The van der Waals surface area contributed by atoms with Gasteiger partial charge in [-0.25, -0.2) is 0 Å². The average molecular weight is 255 g/mol. The van der Waals surface area contributed by atoms with Gasteiger partial charge in [-0.05, 0) is 31.1 Å². The minimum absolute atomic E-state index is 0.125. The standard InChI is InChI=1S/C16H19OSi/c1-16(2,3)17-18(14-10-6-4-7-11-14)15-12-8-5-9-13-15/h4-13H,1-3H3. The second-order valence-corrected chi connectivity index (χ2v) is 7.29. The third kappa shape index (κ3) is 3.55. The molecule has 1 nitrogen and oxygen atoms in total. The highest BCUT2D eigenvalue weighted by Gasteiger charge is 2.24. The fraction of sp³-hybridized carbons (Fsp3) is 0.250. The molecular formula is C16H19OSi. The highest BCUT2D eigenvalue weighted by atomic mass is 28.3. The highest BCUT2D eigenvalue weighted by molar-refractivity contribution is 6.80. The molecule has 0 amide bonds. The average Bonchev–Trinajstić information content (AvgIpc) is 2.37. The van der Waals surface area contributed by atoms with Gasteiger partial charge in [0.15, 0.2) is 0 Å². The van der Waals surface area contributed by atoms with Gasteiger partial charge in [-0.3, -0.25) is 0 Å². The van der Waals surface area contributed by atoms with Crippen LogP contribution in [-0.2, 0) is 4.43 Å². The van der Waals surface area contributed by atoms with Crippen molar-refractivity contribution in [2.45, 2.75) is 26.4 Å². The van der Waals surface area contributed by atoms with E-state index in [0.29, 0.717) is 0 Å². The predicted octanol–water partition coefficient (Wildman–Crippen LogP) is 2.61. The van der Waals surface area contributed by atoms with Crippen LogP contribution < -0.4 is 10.4 Å². The SMILES string of the molecule is CC(C)(C)O[Si](c1ccccc1)c1ccccc1. The first-order chi connectivity index (χ1) is 8.56. The molecule has 0 aliphatic carbocycles. The molecule has 0 saturated carbocycles. The monoisotopic (exact) mass is 255 g/mol. The first-order valence-electron chi connectivity index (χ1n) is 6.23. The number of benzene rings is 2. The Morgan fingerprint density at radius 2 is 1.11 bits per heavy atom. The third-order valence-electron chi connectivity index (χ3n) is 2.48. The lowest BCUT2D eigenvalue weighted by molar-refractivity contribution is 0.136. The normalized spacial score (nSPS) is 11.8. The molecule has 0 heterocycles. The fourth-order valence-corrected chi connectivity index (χ4v) is 3.94. The van der Waals surface area contributed by atoms with Gasteiger partial charge in [0.1, 0.15) is 0 Å². The Hall–Kier alpha value is -1.38. The molecule has 0 N–H and O–H groups in total. The summed E-state index contributed by atoms with van der Waals surface area (Å²) in [5.41, 5.74) is -0.125. The summed E-state index contributed by atoms with van der Waals surface area (Å²) in [6.07, 6.45) is 0. The molecule has 1 radical (unpaired) electrons. The maximum Gasteiger partial charge on any atom is 0.283 e. The first-order valence-corrected chi connectivity index (χ1v) is 7.64. The van der Waals surface area contributed by atoms with Crippen LogP contribution in [0.15, 0.2) is 60.7 Å². The van der Waals surface area contributed by atoms with Gasteiger partial charge in [0.05, 0.1) is 0 Å². The Bertz CT molecular complexity index is 434. The van der Waals surface area contributed by atoms with Crippen molar-refractivity contribution in [3.63, 3.8) is 0 Å². The van der Waals surface area contributed by atoms with Crippen molar-refractivity contribution < 1.29 is 4.43 Å². The molecule has 0 aliphatic heterocycles. The molecule has 2 heteroatoms. The summed E-state index contributed by atoms with van der Waals surface area (Å²) in [5, 5.41) is 2.59. The van der Waals surface area contributed by atoms with Crippen molar-refractivity contribution in [2.24, 2.45) is 0 Å². The van der Waals surface area contributed by atoms with Crippen LogP contribution in [0.5, 0.6) is 0 Å². The van der Waals surface area contributed by atoms with Crippen LogP contribution in [0.4, 0.5) is 0 Å². The summed E-state index contributed by atoms with van der Waals surface area (Å²) in [4.78, 5) is 0. The molecule has 0 saturated heterocycles. The topological polar surface area (TPSA) is 9.23 Å². The minimum Gasteiger partial charge on any atom is -0.402 e. The van der Waals surface area contributed by atoms with Crippen LogP contribution in [0.2, 0.25) is 0 Å². The summed E-state index contributed by atoms with van der Waals surface area (Å²) in [7, 11) is -1.16. The summed E-state index contributed by atoms with van der Waals surface area (Å²) in [6.45, 7) is 6.34. The van der Waals surface area contributed by atoms with Gasteiger partial charge in [-0.1, -0.05) is 60.7 Å². The number of rotatable bonds is 3. The number of hydrogen-bond donors (Lipinski definition) is 0. The Labute approximate surface area is 111 Å². The smallest absolute Gasteiger partial charge is 0.283 e. The van der Waals surface area contributed by atoms with Crippen LogP contribution in [-0.4, -0.2) is 14.6 Å². The molecule has 0 spiro atoms. The maximum absolute atomic E-state index is 6.31. The molecule has 0 aliphatic rings. The van der Waals surface area contributed by atoms with Gasteiger partial charge >= 0.3 is 0 Å². The van der Waals surface area contributed by atoms with E-state index in [9.17, 15) is 0 Å². The van der Waals surface area contributed by atoms with Crippen LogP contribution in [0.3, 0.4) is 0 Å². The molecule has 2 aromatic rings. The zero-order valence-corrected chi connectivity index (χ0v) is 12.2. The second-order valence-electron chi connectivity index (χ2n) is 5.28. The summed E-state index contributed by atoms with van der Waals surface area (Å²) in [5.74, 6) is 0. The van der Waals surface area contributed by atoms with Crippen LogP contribution >= 0.6 is 0 Å². The summed E-state index contributed by atoms with van der Waals surface area (Å²) < 4.78 is 6.31. The minimum atomic E-state index is -1.16. The van der Waals surface area contributed by atoms with Gasteiger partial charge in [-0.2, -0.15) is 0 Å². The number of hydrogen-bond acceptors (Lipinski definition) is 1. The maximum atomic E-state index is 6.31. The van der Waals surface area contributed by atoms with Gasteiger partial charge in [0, 0.05) is 5.60 Å². The van der Waals surface area contributed by atoms with E-state index >= 15 is 0 Å². The van der Waals surface area contributed by atoms with Crippen molar-refractivity contribution >= 4 is 19.4 Å². The van der Waals surface area contributed by atoms with E-state index in [-0.39, 0.29) is 5.60 Å². The molecule has 0 fully saturated rings. The van der Waals surface area contributed by atoms with Crippen LogP contribution in [0.25, 0.3) is 0 Å². The van der Waals surface area contributed by atoms with Crippen LogP contribution in [0, 0.1) is 0 Å². The van der Waals surface area contributed by atoms with Crippen LogP contribution in [0.1, 0.15) is 20.8 Å². The van der Waals surface area contributed by atoms with E-state index in [1.165, 1.54) is 10.4 Å². The highest BCUT2D eigenvalue weighted by Crippen LogP contribution is 2.09. The lowest BCUT2D eigenvalue weighted by atomic mass is 10.2. The Morgan fingerprint density at radius 3 is 1.44 bits per heavy atom. The fourth-order valence-electron chi connectivity index (χ4n) is 1.77. The molecule has 0 atom stereocenters. The second kappa shape index (κ2) is 5.51. The lowest BCUT2D eigenvalue weighted by Crippen LogP contribution is -2.49. The van der Waals surface area contributed by atoms with E-state index < -0.39 is 9.04 Å². The molecule has 2 aromatic carbocycles. The first kappa shape index (κ1) is 13.1. The molecular weight excluding hydrogens is 236 g/mol. The van der Waals surface area contributed by atoms with Crippen molar-refractivity contribution in [3.8, 4) is 0 Å². The van der Waals surface area contributed by atoms with E-state index in [1.54, 1.807) is 0 Å². The Morgan fingerprint density at radius 1 is 0.722 bits per heavy atom. The van der Waals surface area contributed by atoms with Crippen molar-refractivity contribution in [1.82, 2.24) is 0 Å². The summed E-state index contributed by atoms with van der Waals surface area (Å²) >= 11 is 0. The lowest BCUT2D eigenvalue weighted by Gasteiger charge is -2.26. The molecule has 0 aromatic heterocycles. The largest absolute Gasteiger partial charge is 0.402 e. The molecule has 93 valence electrons. The van der Waals surface area contributed by atoms with E-state index in [4.69, 9.17) is 4.43 Å². The van der Waals surface area contributed by atoms with Crippen molar-refractivity contribution in [2.75, 3.05) is 0 Å². The van der Waals surface area contributed by atoms with E-state index in [0.717, 1.165) is 0 Å². The predicted molar refractivity (Wildman–Crippen MR) is 78.7 cm³/mol. The third-order valence-corrected chi connectivity index (χ3v) is 5.01. The van der Waals surface area contributed by atoms with Crippen molar-refractivity contribution in [3.05, 3.63) is 60.7 Å². The Kier molecular flexibility index (Phi) is 3.99. The molecule has 2 rings (SSSR count). The molecule has 18 heavy (non-hydrogen) atoms. The van der Waals surface area contributed by atoms with Gasteiger partial charge in [0.25, 0.3) is 9.04 Å². The van der Waals surface area contributed by atoms with Crippen molar-refractivity contribution in [1.29, 1.82) is 0 Å². The zero-order chi connectivity index (χ0) is 13.0. The van der Waals surface area contributed by atoms with Gasteiger partial charge < -0.3 is 4.43 Å². The van der Waals surface area contributed by atoms with Gasteiger partial charge in [0.2, 0.25) is 0 Å². The van der Waals surface area contributed by atoms with E-state index in [2.05, 4.69) is 69.3 Å². The zero-order valence-electron chi connectivity index (χ0n) is 11.2. The van der Waals surface area contributed by atoms with Gasteiger partial charge in [-0.15, -0.1) is 0 Å². The molecule has 0 unspecified atom stereocenters. The quantitative estimate of drug-likeness (QED) is 0.766.